The number of benzene rings is 1. The van der Waals surface area contributed by atoms with Gasteiger partial charge in [-0.2, -0.15) is 5.10 Å². The van der Waals surface area contributed by atoms with Crippen LogP contribution in [0.2, 0.25) is 0 Å². The summed E-state index contributed by atoms with van der Waals surface area (Å²) in [5.41, 5.74) is 2.66. The molecular formula is C18H16N6O. The first kappa shape index (κ1) is 15.1. The van der Waals surface area contributed by atoms with Crippen molar-refractivity contribution in [1.82, 2.24) is 24.8 Å². The van der Waals surface area contributed by atoms with Crippen LogP contribution in [0, 0.1) is 0 Å². The maximum Gasteiger partial charge on any atom is 0.273 e. The molecule has 0 spiro atoms. The summed E-state index contributed by atoms with van der Waals surface area (Å²) in [6.07, 6.45) is 3.17. The van der Waals surface area contributed by atoms with E-state index in [-0.39, 0.29) is 11.6 Å². The van der Waals surface area contributed by atoms with Crippen LogP contribution in [-0.2, 0) is 0 Å². The summed E-state index contributed by atoms with van der Waals surface area (Å²) < 4.78 is 1.66. The third-order valence-corrected chi connectivity index (χ3v) is 4.03. The lowest BCUT2D eigenvalue weighted by molar-refractivity contribution is 0.847. The van der Waals surface area contributed by atoms with Gasteiger partial charge in [-0.05, 0) is 30.7 Å². The first-order valence-corrected chi connectivity index (χ1v) is 7.93. The van der Waals surface area contributed by atoms with Gasteiger partial charge in [0.15, 0.2) is 5.65 Å². The normalized spacial score (nSPS) is 12.2. The van der Waals surface area contributed by atoms with Crippen LogP contribution in [0.25, 0.3) is 16.9 Å². The molecule has 0 saturated heterocycles. The zero-order valence-electron chi connectivity index (χ0n) is 13.5. The van der Waals surface area contributed by atoms with Crippen molar-refractivity contribution in [1.29, 1.82) is 0 Å². The van der Waals surface area contributed by atoms with Gasteiger partial charge < -0.3 is 5.32 Å². The highest BCUT2D eigenvalue weighted by molar-refractivity contribution is 5.62. The summed E-state index contributed by atoms with van der Waals surface area (Å²) in [6.45, 7) is 2.07. The van der Waals surface area contributed by atoms with Gasteiger partial charge in [0.2, 0.25) is 0 Å². The van der Waals surface area contributed by atoms with E-state index in [1.165, 1.54) is 11.8 Å². The molecule has 0 unspecified atom stereocenters. The van der Waals surface area contributed by atoms with Crippen LogP contribution in [0.15, 0.2) is 65.7 Å². The van der Waals surface area contributed by atoms with Crippen molar-refractivity contribution in [2.24, 2.45) is 0 Å². The van der Waals surface area contributed by atoms with E-state index in [1.807, 2.05) is 30.3 Å². The van der Waals surface area contributed by atoms with Crippen molar-refractivity contribution >= 4 is 11.5 Å². The number of nitrogens with zero attached hydrogens (tertiary/aromatic N) is 4. The molecule has 2 N–H and O–H groups in total. The second-order valence-electron chi connectivity index (χ2n) is 5.71. The minimum Gasteiger partial charge on any atom is -0.362 e. The van der Waals surface area contributed by atoms with Crippen molar-refractivity contribution in [2.75, 3.05) is 5.32 Å². The number of aromatic nitrogens is 5. The second kappa shape index (κ2) is 6.20. The van der Waals surface area contributed by atoms with Crippen LogP contribution < -0.4 is 10.9 Å². The van der Waals surface area contributed by atoms with Gasteiger partial charge in [-0.15, -0.1) is 5.10 Å². The number of H-pyrrole nitrogens is 1. The van der Waals surface area contributed by atoms with Crippen LogP contribution in [0.1, 0.15) is 18.5 Å². The van der Waals surface area contributed by atoms with Crippen molar-refractivity contribution in [3.8, 4) is 11.3 Å². The van der Waals surface area contributed by atoms with Crippen molar-refractivity contribution in [2.45, 2.75) is 13.0 Å². The quantitative estimate of drug-likeness (QED) is 0.600. The number of fused-ring (bicyclic) bond motifs is 1. The van der Waals surface area contributed by atoms with Crippen molar-refractivity contribution in [3.63, 3.8) is 0 Å². The van der Waals surface area contributed by atoms with Gasteiger partial charge in [0, 0.05) is 12.2 Å². The molecule has 4 rings (SSSR count). The zero-order valence-corrected chi connectivity index (χ0v) is 13.5. The minimum atomic E-state index is -0.276. The molecule has 0 aliphatic heterocycles. The lowest BCUT2D eigenvalue weighted by Crippen LogP contribution is -2.12. The largest absolute Gasteiger partial charge is 0.362 e. The molecule has 3 aromatic heterocycles. The van der Waals surface area contributed by atoms with Crippen molar-refractivity contribution in [3.05, 3.63) is 76.8 Å². The first-order valence-electron chi connectivity index (χ1n) is 7.93. The molecule has 3 heterocycles. The molecule has 0 amide bonds. The highest BCUT2D eigenvalue weighted by Crippen LogP contribution is 2.20. The summed E-state index contributed by atoms with van der Waals surface area (Å²) in [4.78, 5) is 16.3. The zero-order chi connectivity index (χ0) is 17.2. The Morgan fingerprint density at radius 3 is 2.76 bits per heavy atom. The Kier molecular flexibility index (Phi) is 3.74. The van der Waals surface area contributed by atoms with Gasteiger partial charge in [0.05, 0.1) is 17.5 Å². The first-order chi connectivity index (χ1) is 12.2. The average Bonchev–Trinajstić information content (AvgIpc) is 3.06. The molecule has 0 aliphatic carbocycles. The van der Waals surface area contributed by atoms with Crippen molar-refractivity contribution < 1.29 is 0 Å². The lowest BCUT2D eigenvalue weighted by atomic mass is 10.1. The van der Waals surface area contributed by atoms with Crippen LogP contribution >= 0.6 is 0 Å². The number of aromatic amines is 1. The molecule has 4 aromatic rings. The summed E-state index contributed by atoms with van der Waals surface area (Å²) >= 11 is 0. The summed E-state index contributed by atoms with van der Waals surface area (Å²) in [5.74, 6) is 0.702. The highest BCUT2D eigenvalue weighted by atomic mass is 16.1. The maximum absolute atomic E-state index is 12.0. The van der Waals surface area contributed by atoms with E-state index in [1.54, 1.807) is 16.8 Å². The summed E-state index contributed by atoms with van der Waals surface area (Å²) in [5, 5.41) is 14.1. The Balaban J connectivity index is 1.72. The fourth-order valence-electron chi connectivity index (χ4n) is 2.73. The molecule has 0 radical (unpaired) electrons. The number of anilines is 1. The molecular weight excluding hydrogens is 316 g/mol. The molecule has 0 fully saturated rings. The molecule has 1 aromatic carbocycles. The molecule has 25 heavy (non-hydrogen) atoms. The Labute approximate surface area is 143 Å². The monoisotopic (exact) mass is 332 g/mol. The lowest BCUT2D eigenvalue weighted by Gasteiger charge is -2.15. The highest BCUT2D eigenvalue weighted by Gasteiger charge is 2.12. The standard InChI is InChI=1S/C18H16N6O/c1-12(13-5-3-2-4-6-13)21-16-7-8-17-19-11-15(24(17)23-16)14-9-10-20-22-18(14)25/h2-12H,1H3,(H,21,23)(H,22,25)/t12-/m0/s1. The van der Waals surface area contributed by atoms with Gasteiger partial charge in [0.25, 0.3) is 5.56 Å². The summed E-state index contributed by atoms with van der Waals surface area (Å²) in [6, 6.07) is 15.6. The number of hydrogen-bond donors (Lipinski definition) is 2. The Morgan fingerprint density at radius 2 is 1.96 bits per heavy atom. The Morgan fingerprint density at radius 1 is 1.12 bits per heavy atom. The Bertz CT molecular complexity index is 1070. The van der Waals surface area contributed by atoms with E-state index in [4.69, 9.17) is 0 Å². The summed E-state index contributed by atoms with van der Waals surface area (Å²) in [7, 11) is 0. The van der Waals surface area contributed by atoms with E-state index in [2.05, 4.69) is 44.7 Å². The predicted molar refractivity (Wildman–Crippen MR) is 95.3 cm³/mol. The number of nitrogens with one attached hydrogen (secondary N) is 2. The molecule has 0 aliphatic rings. The van der Waals surface area contributed by atoms with Crippen LogP contribution in [-0.4, -0.2) is 24.8 Å². The molecule has 1 atom stereocenters. The maximum atomic E-state index is 12.0. The SMILES string of the molecule is C[C@H](Nc1ccc2ncc(-c3ccn[nH]c3=O)n2n1)c1ccccc1. The van der Waals surface area contributed by atoms with E-state index < -0.39 is 0 Å². The topological polar surface area (TPSA) is 88.0 Å². The molecule has 7 heteroatoms. The van der Waals surface area contributed by atoms with Gasteiger partial charge in [-0.25, -0.2) is 14.6 Å². The fourth-order valence-corrected chi connectivity index (χ4v) is 2.73. The van der Waals surface area contributed by atoms with E-state index in [9.17, 15) is 4.79 Å². The smallest absolute Gasteiger partial charge is 0.273 e. The van der Waals surface area contributed by atoms with Gasteiger partial charge in [-0.1, -0.05) is 30.3 Å². The number of imidazole rings is 1. The molecule has 124 valence electrons. The fraction of sp³-hybridized carbons (Fsp3) is 0.111. The number of hydrogen-bond acceptors (Lipinski definition) is 5. The third-order valence-electron chi connectivity index (χ3n) is 4.03. The predicted octanol–water partition coefficient (Wildman–Crippen LogP) is 2.65. The van der Waals surface area contributed by atoms with Gasteiger partial charge in [-0.3, -0.25) is 4.79 Å². The molecule has 0 saturated carbocycles. The van der Waals surface area contributed by atoms with E-state index >= 15 is 0 Å². The van der Waals surface area contributed by atoms with Crippen LogP contribution in [0.4, 0.5) is 5.82 Å². The molecule has 0 bridgehead atoms. The number of rotatable bonds is 4. The van der Waals surface area contributed by atoms with Crippen LogP contribution in [0.5, 0.6) is 0 Å². The average molecular weight is 332 g/mol. The van der Waals surface area contributed by atoms with Crippen LogP contribution in [0.3, 0.4) is 0 Å². The van der Waals surface area contributed by atoms with Gasteiger partial charge >= 0.3 is 0 Å². The van der Waals surface area contributed by atoms with E-state index in [0.29, 0.717) is 22.7 Å². The minimum absolute atomic E-state index is 0.0995. The van der Waals surface area contributed by atoms with Gasteiger partial charge in [0.1, 0.15) is 5.82 Å². The molecule has 7 nitrogen and oxygen atoms in total. The third kappa shape index (κ3) is 2.87. The second-order valence-corrected chi connectivity index (χ2v) is 5.71. The Hall–Kier alpha value is -3.48. The van der Waals surface area contributed by atoms with E-state index in [0.717, 1.165) is 0 Å².